The van der Waals surface area contributed by atoms with Gasteiger partial charge in [0.25, 0.3) is 15.9 Å². The van der Waals surface area contributed by atoms with E-state index in [0.29, 0.717) is 11.4 Å². The summed E-state index contributed by atoms with van der Waals surface area (Å²) in [6.45, 7) is 8.11. The molecule has 2 aliphatic rings. The molecular weight excluding hydrogens is 485 g/mol. The Kier molecular flexibility index (Phi) is 6.53. The highest BCUT2D eigenvalue weighted by Crippen LogP contribution is 2.49. The lowest BCUT2D eigenvalue weighted by molar-refractivity contribution is -0.122. The van der Waals surface area contributed by atoms with Gasteiger partial charge < -0.3 is 0 Å². The standard InChI is InChI=1S/C21H22N4O3S4/c1-5-15-7-9-16(10-8-15)32(27,28)23-21-24(6-2)18(26)17(31-21)19-25(13(3)14(4)30-19)20-22-11-12-29-20/h7-12H,5-6H2,1-4H3/b19-17+,23-21-. The van der Waals surface area contributed by atoms with Gasteiger partial charge in [-0.2, -0.15) is 8.42 Å². The first-order valence-electron chi connectivity index (χ1n) is 9.99. The van der Waals surface area contributed by atoms with Crippen molar-refractivity contribution >= 4 is 61.1 Å². The molecule has 11 heteroatoms. The highest BCUT2D eigenvalue weighted by atomic mass is 32.2. The lowest BCUT2D eigenvalue weighted by Crippen LogP contribution is -2.30. The number of aromatic nitrogens is 1. The molecule has 1 aromatic heterocycles. The third-order valence-corrected chi connectivity index (χ3v) is 9.64. The molecule has 168 valence electrons. The number of sulfonamides is 1. The van der Waals surface area contributed by atoms with Gasteiger partial charge in [0.1, 0.15) is 9.93 Å². The Hall–Kier alpha value is -2.08. The van der Waals surface area contributed by atoms with Crippen LogP contribution < -0.4 is 4.90 Å². The number of anilines is 1. The van der Waals surface area contributed by atoms with E-state index in [2.05, 4.69) is 9.38 Å². The number of allylic oxidation sites excluding steroid dienone is 2. The number of likely N-dealkylation sites (N-methyl/N-ethyl adjacent to an activating group) is 1. The van der Waals surface area contributed by atoms with Crippen molar-refractivity contribution in [1.29, 1.82) is 0 Å². The molecule has 1 amide bonds. The summed E-state index contributed by atoms with van der Waals surface area (Å²) in [4.78, 5) is 22.7. The molecule has 0 atom stereocenters. The van der Waals surface area contributed by atoms with Crippen LogP contribution in [0.5, 0.6) is 0 Å². The third-order valence-electron chi connectivity index (χ3n) is 5.11. The quantitative estimate of drug-likeness (QED) is 0.527. The predicted molar refractivity (Wildman–Crippen MR) is 133 cm³/mol. The Bertz CT molecular complexity index is 1250. The normalized spacial score (nSPS) is 20.9. The van der Waals surface area contributed by atoms with Crippen LogP contribution in [0.25, 0.3) is 0 Å². The van der Waals surface area contributed by atoms with Crippen LogP contribution in [0.2, 0.25) is 0 Å². The van der Waals surface area contributed by atoms with Crippen molar-refractivity contribution in [1.82, 2.24) is 9.88 Å². The maximum atomic E-state index is 13.3. The van der Waals surface area contributed by atoms with E-state index in [-0.39, 0.29) is 16.0 Å². The summed E-state index contributed by atoms with van der Waals surface area (Å²) in [5.74, 6) is -0.251. The summed E-state index contributed by atoms with van der Waals surface area (Å²) in [6, 6.07) is 6.68. The van der Waals surface area contributed by atoms with Crippen LogP contribution in [0.15, 0.2) is 65.7 Å². The average Bonchev–Trinajstić information content (AvgIpc) is 3.47. The molecular formula is C21H22N4O3S4. The molecule has 1 aromatic carbocycles. The first-order valence-corrected chi connectivity index (χ1v) is 13.9. The zero-order valence-electron chi connectivity index (χ0n) is 18.0. The van der Waals surface area contributed by atoms with Crippen LogP contribution in [-0.2, 0) is 21.2 Å². The van der Waals surface area contributed by atoms with Gasteiger partial charge in [-0.1, -0.05) is 30.8 Å². The molecule has 0 saturated carbocycles. The van der Waals surface area contributed by atoms with Crippen LogP contribution >= 0.6 is 34.9 Å². The van der Waals surface area contributed by atoms with E-state index < -0.39 is 10.0 Å². The van der Waals surface area contributed by atoms with Crippen molar-refractivity contribution in [3.8, 4) is 0 Å². The van der Waals surface area contributed by atoms with Crippen LogP contribution in [0.1, 0.15) is 33.3 Å². The van der Waals surface area contributed by atoms with Gasteiger partial charge in [-0.05, 0) is 56.7 Å². The van der Waals surface area contributed by atoms with Crippen molar-refractivity contribution in [2.45, 2.75) is 39.0 Å². The number of benzene rings is 1. The minimum Gasteiger partial charge on any atom is -0.286 e. The maximum Gasteiger partial charge on any atom is 0.284 e. The molecule has 7 nitrogen and oxygen atoms in total. The second kappa shape index (κ2) is 9.05. The van der Waals surface area contributed by atoms with Gasteiger partial charge in [0.15, 0.2) is 10.3 Å². The summed E-state index contributed by atoms with van der Waals surface area (Å²) in [5, 5.41) is 3.55. The first kappa shape index (κ1) is 23.1. The predicted octanol–water partition coefficient (Wildman–Crippen LogP) is 5.02. The average molecular weight is 507 g/mol. The van der Waals surface area contributed by atoms with E-state index >= 15 is 0 Å². The van der Waals surface area contributed by atoms with Crippen LogP contribution in [0.4, 0.5) is 5.13 Å². The number of thioether (sulfide) groups is 2. The Morgan fingerprint density at radius 1 is 1.09 bits per heavy atom. The smallest absolute Gasteiger partial charge is 0.284 e. The topological polar surface area (TPSA) is 82.9 Å². The van der Waals surface area contributed by atoms with Crippen molar-refractivity contribution in [2.24, 2.45) is 4.40 Å². The van der Waals surface area contributed by atoms with Crippen LogP contribution in [-0.4, -0.2) is 35.9 Å². The second-order valence-electron chi connectivity index (χ2n) is 7.03. The van der Waals surface area contributed by atoms with Crippen LogP contribution in [0, 0.1) is 0 Å². The van der Waals surface area contributed by atoms with Gasteiger partial charge in [0.05, 0.1) is 4.90 Å². The lowest BCUT2D eigenvalue weighted by atomic mass is 10.2. The molecule has 1 saturated heterocycles. The van der Waals surface area contributed by atoms with Gasteiger partial charge >= 0.3 is 0 Å². The molecule has 3 heterocycles. The highest BCUT2D eigenvalue weighted by molar-refractivity contribution is 8.20. The Balaban J connectivity index is 1.74. The fraction of sp³-hybridized carbons (Fsp3) is 0.286. The molecule has 0 radical (unpaired) electrons. The van der Waals surface area contributed by atoms with Crippen molar-refractivity contribution < 1.29 is 13.2 Å². The van der Waals surface area contributed by atoms with E-state index in [1.165, 1.54) is 28.0 Å². The zero-order valence-corrected chi connectivity index (χ0v) is 21.3. The summed E-state index contributed by atoms with van der Waals surface area (Å²) in [6.07, 6.45) is 2.54. The number of hydrogen-bond acceptors (Lipinski definition) is 8. The van der Waals surface area contributed by atoms with Gasteiger partial charge in [0, 0.05) is 28.7 Å². The van der Waals surface area contributed by atoms with E-state index in [1.54, 1.807) is 37.4 Å². The van der Waals surface area contributed by atoms with Gasteiger partial charge in [-0.25, -0.2) is 4.98 Å². The maximum absolute atomic E-state index is 13.3. The van der Waals surface area contributed by atoms with Crippen LogP contribution in [0.3, 0.4) is 0 Å². The van der Waals surface area contributed by atoms with Gasteiger partial charge in [-0.15, -0.1) is 15.7 Å². The van der Waals surface area contributed by atoms with E-state index in [9.17, 15) is 13.2 Å². The largest absolute Gasteiger partial charge is 0.286 e. The van der Waals surface area contributed by atoms with Crippen molar-refractivity contribution in [3.05, 3.63) is 61.9 Å². The molecule has 1 fully saturated rings. The number of carbonyl (C=O) groups excluding carboxylic acids is 1. The molecule has 0 N–H and O–H groups in total. The fourth-order valence-electron chi connectivity index (χ4n) is 3.21. The molecule has 32 heavy (non-hydrogen) atoms. The lowest BCUT2D eigenvalue weighted by Gasteiger charge is -2.19. The number of amidine groups is 1. The number of rotatable bonds is 5. The monoisotopic (exact) mass is 506 g/mol. The zero-order chi connectivity index (χ0) is 23.0. The molecule has 0 unspecified atom stereocenters. The Morgan fingerprint density at radius 2 is 1.81 bits per heavy atom. The number of thiazole rings is 1. The SMILES string of the molecule is CCc1ccc(S(=O)(=O)/N=C2\S/C(=C3/SC(C)=C(C)N3c3nccs3)C(=O)N2CC)cc1. The molecule has 4 rings (SSSR count). The van der Waals surface area contributed by atoms with Crippen molar-refractivity contribution in [3.63, 3.8) is 0 Å². The molecule has 2 aromatic rings. The molecule has 0 spiro atoms. The minimum atomic E-state index is -3.95. The number of hydrogen-bond donors (Lipinski definition) is 0. The summed E-state index contributed by atoms with van der Waals surface area (Å²) in [7, 11) is -3.95. The minimum absolute atomic E-state index is 0.111. The number of amides is 1. The molecule has 0 bridgehead atoms. The van der Waals surface area contributed by atoms with E-state index in [4.69, 9.17) is 0 Å². The fourth-order valence-corrected chi connectivity index (χ4v) is 7.46. The van der Waals surface area contributed by atoms with Gasteiger partial charge in [0.2, 0.25) is 0 Å². The second-order valence-corrected chi connectivity index (χ2v) is 11.7. The Morgan fingerprint density at radius 3 is 2.41 bits per heavy atom. The highest BCUT2D eigenvalue weighted by Gasteiger charge is 2.40. The van der Waals surface area contributed by atoms with Gasteiger partial charge in [-0.3, -0.25) is 14.6 Å². The van der Waals surface area contributed by atoms with E-state index in [1.807, 2.05) is 31.1 Å². The molecule has 2 aliphatic heterocycles. The van der Waals surface area contributed by atoms with Crippen molar-refractivity contribution in [2.75, 3.05) is 11.4 Å². The van der Waals surface area contributed by atoms with E-state index in [0.717, 1.165) is 44.5 Å². The summed E-state index contributed by atoms with van der Waals surface area (Å²) < 4.78 is 30.0. The number of carbonyl (C=O) groups is 1. The third kappa shape index (κ3) is 4.14. The number of nitrogens with zero attached hydrogens (tertiary/aromatic N) is 4. The molecule has 0 aliphatic carbocycles. The summed E-state index contributed by atoms with van der Waals surface area (Å²) in [5.41, 5.74) is 2.04. The Labute approximate surface area is 200 Å². The summed E-state index contributed by atoms with van der Waals surface area (Å²) >= 11 is 4.07. The number of aryl methyl sites for hydroxylation is 1. The first-order chi connectivity index (χ1) is 15.3.